The molecule has 1 unspecified atom stereocenters. The van der Waals surface area contributed by atoms with E-state index in [9.17, 15) is 13.2 Å². The van der Waals surface area contributed by atoms with Crippen molar-refractivity contribution in [3.05, 3.63) is 23.8 Å². The van der Waals surface area contributed by atoms with Crippen molar-refractivity contribution in [3.8, 4) is 0 Å². The number of aryl methyl sites for hydroxylation is 1. The predicted molar refractivity (Wildman–Crippen MR) is 74.1 cm³/mol. The number of carbonyl (C=O) groups excluding carboxylic acids is 1. The molecule has 0 spiro atoms. The number of rotatable bonds is 5. The number of anilines is 1. The van der Waals surface area contributed by atoms with Gasteiger partial charge in [0.15, 0.2) is 0 Å². The Balaban J connectivity index is 2.86. The molecule has 1 amide bonds. The van der Waals surface area contributed by atoms with E-state index in [1.54, 1.807) is 13.0 Å². The normalized spacial score (nSPS) is 13.1. The molecule has 1 atom stereocenters. The van der Waals surface area contributed by atoms with E-state index in [1.165, 1.54) is 12.1 Å². The van der Waals surface area contributed by atoms with Gasteiger partial charge in [-0.25, -0.2) is 13.6 Å². The monoisotopic (exact) mass is 285 g/mol. The standard InChI is InChI=1S/C12H19N3O3S/c1-8-3-5-10(19(14,17)18)7-11(8)15-12(16)6-4-9(2)13/h3,5,7,9H,4,6,13H2,1-2H3,(H,15,16)(H2,14,17,18). The lowest BCUT2D eigenvalue weighted by Crippen LogP contribution is -2.20. The Hall–Kier alpha value is -1.44. The van der Waals surface area contributed by atoms with Gasteiger partial charge in [-0.05, 0) is 38.0 Å². The lowest BCUT2D eigenvalue weighted by molar-refractivity contribution is -0.116. The maximum absolute atomic E-state index is 11.7. The maximum Gasteiger partial charge on any atom is 0.238 e. The Kier molecular flexibility index (Phi) is 5.04. The van der Waals surface area contributed by atoms with Crippen LogP contribution in [0.25, 0.3) is 0 Å². The highest BCUT2D eigenvalue weighted by atomic mass is 32.2. The lowest BCUT2D eigenvalue weighted by atomic mass is 10.1. The van der Waals surface area contributed by atoms with Gasteiger partial charge < -0.3 is 11.1 Å². The lowest BCUT2D eigenvalue weighted by Gasteiger charge is -2.10. The summed E-state index contributed by atoms with van der Waals surface area (Å²) in [5, 5.41) is 7.71. The molecule has 0 fully saturated rings. The molecule has 0 saturated heterocycles. The smallest absolute Gasteiger partial charge is 0.238 e. The second kappa shape index (κ2) is 6.14. The highest BCUT2D eigenvalue weighted by molar-refractivity contribution is 7.89. The number of carbonyl (C=O) groups is 1. The van der Waals surface area contributed by atoms with Crippen LogP contribution in [-0.4, -0.2) is 20.4 Å². The van der Waals surface area contributed by atoms with Crippen LogP contribution < -0.4 is 16.2 Å². The first-order valence-electron chi connectivity index (χ1n) is 5.89. The van der Waals surface area contributed by atoms with E-state index in [4.69, 9.17) is 10.9 Å². The van der Waals surface area contributed by atoms with E-state index in [0.29, 0.717) is 12.1 Å². The topological polar surface area (TPSA) is 115 Å². The van der Waals surface area contributed by atoms with Crippen LogP contribution in [0.4, 0.5) is 5.69 Å². The largest absolute Gasteiger partial charge is 0.328 e. The molecule has 0 bridgehead atoms. The number of nitrogens with one attached hydrogen (secondary N) is 1. The summed E-state index contributed by atoms with van der Waals surface area (Å²) in [5.41, 5.74) is 6.78. The fourth-order valence-corrected chi connectivity index (χ4v) is 2.02. The first-order valence-corrected chi connectivity index (χ1v) is 7.43. The van der Waals surface area contributed by atoms with Gasteiger partial charge in [0.2, 0.25) is 15.9 Å². The molecule has 0 radical (unpaired) electrons. The molecule has 5 N–H and O–H groups in total. The Morgan fingerprint density at radius 2 is 2.05 bits per heavy atom. The van der Waals surface area contributed by atoms with Crippen LogP contribution in [0.15, 0.2) is 23.1 Å². The number of hydrogen-bond donors (Lipinski definition) is 3. The van der Waals surface area contributed by atoms with Crippen molar-refractivity contribution in [3.63, 3.8) is 0 Å². The summed E-state index contributed by atoms with van der Waals surface area (Å²) in [6.07, 6.45) is 0.858. The second-order valence-corrected chi connectivity index (χ2v) is 6.15. The number of amides is 1. The first kappa shape index (κ1) is 15.6. The molecule has 0 heterocycles. The van der Waals surface area contributed by atoms with Gasteiger partial charge in [-0.2, -0.15) is 0 Å². The summed E-state index contributed by atoms with van der Waals surface area (Å²) < 4.78 is 22.5. The highest BCUT2D eigenvalue weighted by Gasteiger charge is 2.12. The SMILES string of the molecule is Cc1ccc(S(N)(=O)=O)cc1NC(=O)CCC(C)N. The van der Waals surface area contributed by atoms with Gasteiger partial charge in [0.25, 0.3) is 0 Å². The fourth-order valence-electron chi connectivity index (χ4n) is 1.48. The average Bonchev–Trinajstić information content (AvgIpc) is 2.28. The van der Waals surface area contributed by atoms with Gasteiger partial charge >= 0.3 is 0 Å². The molecule has 1 aromatic carbocycles. The van der Waals surface area contributed by atoms with Crippen LogP contribution in [0.1, 0.15) is 25.3 Å². The molecule has 1 rings (SSSR count). The van der Waals surface area contributed by atoms with E-state index >= 15 is 0 Å². The van der Waals surface area contributed by atoms with E-state index in [2.05, 4.69) is 5.32 Å². The summed E-state index contributed by atoms with van der Waals surface area (Å²) in [7, 11) is -3.77. The van der Waals surface area contributed by atoms with Gasteiger partial charge in [-0.15, -0.1) is 0 Å². The van der Waals surface area contributed by atoms with Gasteiger partial charge in [-0.3, -0.25) is 4.79 Å². The second-order valence-electron chi connectivity index (χ2n) is 4.59. The van der Waals surface area contributed by atoms with E-state index in [0.717, 1.165) is 5.56 Å². The summed E-state index contributed by atoms with van der Waals surface area (Å²) in [6, 6.07) is 4.31. The molecular weight excluding hydrogens is 266 g/mol. The maximum atomic E-state index is 11.7. The molecule has 0 saturated carbocycles. The number of sulfonamides is 1. The summed E-state index contributed by atoms with van der Waals surface area (Å²) in [5.74, 6) is -0.202. The van der Waals surface area contributed by atoms with Crippen molar-refractivity contribution in [2.24, 2.45) is 10.9 Å². The van der Waals surface area contributed by atoms with E-state index in [-0.39, 0.29) is 23.3 Å². The molecule has 6 nitrogen and oxygen atoms in total. The Bertz CT molecular complexity index is 568. The third kappa shape index (κ3) is 4.98. The summed E-state index contributed by atoms with van der Waals surface area (Å²) in [4.78, 5) is 11.7. The molecular formula is C12H19N3O3S. The molecule has 106 valence electrons. The van der Waals surface area contributed by atoms with Crippen molar-refractivity contribution in [1.29, 1.82) is 0 Å². The van der Waals surface area contributed by atoms with Crippen LogP contribution in [0.2, 0.25) is 0 Å². The molecule has 0 aromatic heterocycles. The molecule has 1 aromatic rings. The van der Waals surface area contributed by atoms with Crippen LogP contribution in [-0.2, 0) is 14.8 Å². The van der Waals surface area contributed by atoms with Crippen molar-refractivity contribution in [1.82, 2.24) is 0 Å². The number of nitrogens with two attached hydrogens (primary N) is 2. The van der Waals surface area contributed by atoms with Gasteiger partial charge in [-0.1, -0.05) is 6.07 Å². The van der Waals surface area contributed by atoms with Crippen molar-refractivity contribution < 1.29 is 13.2 Å². The summed E-state index contributed by atoms with van der Waals surface area (Å²) >= 11 is 0. The minimum atomic E-state index is -3.77. The van der Waals surface area contributed by atoms with Crippen LogP contribution in [0, 0.1) is 6.92 Å². The van der Waals surface area contributed by atoms with Crippen molar-refractivity contribution in [2.45, 2.75) is 37.6 Å². The molecule has 0 aliphatic rings. The average molecular weight is 285 g/mol. The summed E-state index contributed by atoms with van der Waals surface area (Å²) in [6.45, 7) is 3.59. The Morgan fingerprint density at radius 1 is 1.42 bits per heavy atom. The van der Waals surface area contributed by atoms with E-state index < -0.39 is 10.0 Å². The van der Waals surface area contributed by atoms with Gasteiger partial charge in [0.1, 0.15) is 0 Å². The minimum absolute atomic E-state index is 0.0272. The van der Waals surface area contributed by atoms with Crippen molar-refractivity contribution >= 4 is 21.6 Å². The molecule has 19 heavy (non-hydrogen) atoms. The zero-order valence-electron chi connectivity index (χ0n) is 11.0. The molecule has 7 heteroatoms. The predicted octanol–water partition coefficient (Wildman–Crippen LogP) is 0.708. The number of primary sulfonamides is 1. The minimum Gasteiger partial charge on any atom is -0.328 e. The quantitative estimate of drug-likeness (QED) is 0.738. The van der Waals surface area contributed by atoms with E-state index in [1.807, 2.05) is 6.92 Å². The van der Waals surface area contributed by atoms with Gasteiger partial charge in [0, 0.05) is 18.2 Å². The van der Waals surface area contributed by atoms with Crippen LogP contribution >= 0.6 is 0 Å². The van der Waals surface area contributed by atoms with Gasteiger partial charge in [0.05, 0.1) is 4.90 Å². The number of benzene rings is 1. The van der Waals surface area contributed by atoms with Crippen LogP contribution in [0.5, 0.6) is 0 Å². The molecule has 0 aliphatic heterocycles. The third-order valence-corrected chi connectivity index (χ3v) is 3.55. The van der Waals surface area contributed by atoms with Crippen molar-refractivity contribution in [2.75, 3.05) is 5.32 Å². The number of hydrogen-bond acceptors (Lipinski definition) is 4. The third-order valence-electron chi connectivity index (χ3n) is 2.64. The zero-order valence-corrected chi connectivity index (χ0v) is 11.8. The van der Waals surface area contributed by atoms with Crippen LogP contribution in [0.3, 0.4) is 0 Å². The fraction of sp³-hybridized carbons (Fsp3) is 0.417. The molecule has 0 aliphatic carbocycles. The Labute approximate surface area is 113 Å². The highest BCUT2D eigenvalue weighted by Crippen LogP contribution is 2.19. The zero-order chi connectivity index (χ0) is 14.6. The first-order chi connectivity index (χ1) is 8.70. The Morgan fingerprint density at radius 3 is 2.58 bits per heavy atom.